The van der Waals surface area contributed by atoms with Gasteiger partial charge in [0.1, 0.15) is 0 Å². The molecule has 1 unspecified atom stereocenters. The smallest absolute Gasteiger partial charge is 0.329 e. The van der Waals surface area contributed by atoms with E-state index in [0.29, 0.717) is 17.9 Å². The summed E-state index contributed by atoms with van der Waals surface area (Å²) in [6.07, 6.45) is 2.80. The van der Waals surface area contributed by atoms with Gasteiger partial charge in [-0.3, -0.25) is 9.59 Å². The number of hydrogen-bond donors (Lipinski definition) is 0. The molecule has 1 aliphatic rings. The van der Waals surface area contributed by atoms with Crippen LogP contribution in [0.4, 0.5) is 0 Å². The Morgan fingerprint density at radius 3 is 2.12 bits per heavy atom. The van der Waals surface area contributed by atoms with E-state index in [0.717, 1.165) is 5.56 Å². The van der Waals surface area contributed by atoms with Crippen LogP contribution < -0.4 is 0 Å². The van der Waals surface area contributed by atoms with Crippen molar-refractivity contribution in [3.05, 3.63) is 83.9 Å². The summed E-state index contributed by atoms with van der Waals surface area (Å²) in [7, 11) is 0. The molecule has 0 bridgehead atoms. The number of carbonyl (C=O) groups is 3. The molecule has 0 aromatic heterocycles. The summed E-state index contributed by atoms with van der Waals surface area (Å²) in [5.74, 6) is -2.46. The maximum absolute atomic E-state index is 12.6. The lowest BCUT2D eigenvalue weighted by molar-refractivity contribution is -0.170. The van der Waals surface area contributed by atoms with Crippen molar-refractivity contribution < 1.29 is 19.2 Å². The van der Waals surface area contributed by atoms with E-state index in [9.17, 15) is 14.4 Å². The van der Waals surface area contributed by atoms with Gasteiger partial charge in [0.15, 0.2) is 0 Å². The van der Waals surface area contributed by atoms with E-state index < -0.39 is 23.7 Å². The minimum atomic E-state index is -0.637. The number of benzene rings is 2. The molecule has 5 heteroatoms. The Morgan fingerprint density at radius 1 is 1.00 bits per heavy atom. The fraction of sp³-hybridized carbons (Fsp3) is 0.150. The van der Waals surface area contributed by atoms with Crippen molar-refractivity contribution in [1.82, 2.24) is 5.06 Å². The molecule has 0 aliphatic carbocycles. The van der Waals surface area contributed by atoms with E-state index in [1.54, 1.807) is 18.2 Å². The van der Waals surface area contributed by atoms with Gasteiger partial charge in [-0.05, 0) is 30.5 Å². The molecule has 25 heavy (non-hydrogen) atoms. The zero-order valence-corrected chi connectivity index (χ0v) is 13.6. The first kappa shape index (κ1) is 16.6. The number of imide groups is 1. The number of carbonyl (C=O) groups excluding carboxylic acids is 3. The van der Waals surface area contributed by atoms with Gasteiger partial charge in [0.25, 0.3) is 11.8 Å². The minimum Gasteiger partial charge on any atom is -0.329 e. The lowest BCUT2D eigenvalue weighted by Crippen LogP contribution is -2.34. The Kier molecular flexibility index (Phi) is 4.75. The lowest BCUT2D eigenvalue weighted by atomic mass is 9.94. The Bertz CT molecular complexity index is 794. The third-order valence-electron chi connectivity index (χ3n) is 4.08. The summed E-state index contributed by atoms with van der Waals surface area (Å²) in [6, 6.07) is 15.5. The molecule has 1 aliphatic heterocycles. The summed E-state index contributed by atoms with van der Waals surface area (Å²) >= 11 is 0. The highest BCUT2D eigenvalue weighted by Gasteiger charge is 2.39. The van der Waals surface area contributed by atoms with Gasteiger partial charge in [-0.25, -0.2) is 4.79 Å². The summed E-state index contributed by atoms with van der Waals surface area (Å²) in [4.78, 5) is 42.5. The second-order valence-corrected chi connectivity index (χ2v) is 5.69. The first-order valence-electron chi connectivity index (χ1n) is 7.99. The SMILES string of the molecule is C=CCCC(C(=O)ON1C(=O)c2ccccc2C1=O)c1ccccc1. The molecule has 0 saturated carbocycles. The second-order valence-electron chi connectivity index (χ2n) is 5.69. The minimum absolute atomic E-state index is 0.239. The molecule has 0 radical (unpaired) electrons. The van der Waals surface area contributed by atoms with Crippen molar-refractivity contribution in [2.75, 3.05) is 0 Å². The fourth-order valence-corrected chi connectivity index (χ4v) is 2.79. The third-order valence-corrected chi connectivity index (χ3v) is 4.08. The second kappa shape index (κ2) is 7.13. The quantitative estimate of drug-likeness (QED) is 0.599. The first-order valence-corrected chi connectivity index (χ1v) is 7.99. The van der Waals surface area contributed by atoms with Crippen molar-refractivity contribution >= 4 is 17.8 Å². The molecule has 2 amide bonds. The molecule has 0 spiro atoms. The Balaban J connectivity index is 1.81. The van der Waals surface area contributed by atoms with Crippen molar-refractivity contribution in [1.29, 1.82) is 0 Å². The van der Waals surface area contributed by atoms with E-state index in [2.05, 4.69) is 6.58 Å². The fourth-order valence-electron chi connectivity index (χ4n) is 2.79. The molecule has 126 valence electrons. The van der Waals surface area contributed by atoms with Gasteiger partial charge in [-0.1, -0.05) is 53.6 Å². The molecular formula is C20H17NO4. The van der Waals surface area contributed by atoms with Crippen LogP contribution in [0.25, 0.3) is 0 Å². The monoisotopic (exact) mass is 335 g/mol. The summed E-state index contributed by atoms with van der Waals surface area (Å²) in [5.41, 5.74) is 1.25. The first-order chi connectivity index (χ1) is 12.1. The molecular weight excluding hydrogens is 318 g/mol. The third kappa shape index (κ3) is 3.21. The molecule has 0 N–H and O–H groups in total. The number of allylic oxidation sites excluding steroid dienone is 1. The van der Waals surface area contributed by atoms with Crippen LogP contribution in [-0.2, 0) is 9.63 Å². The standard InChI is InChI=1S/C20H17NO4/c1-2-3-11-15(14-9-5-4-6-10-14)20(24)25-21-18(22)16-12-7-8-13-17(16)19(21)23/h2,4-10,12-13,15H,1,3,11H2. The number of fused-ring (bicyclic) bond motifs is 1. The molecule has 1 heterocycles. The average Bonchev–Trinajstić information content (AvgIpc) is 2.88. The highest BCUT2D eigenvalue weighted by Crippen LogP contribution is 2.27. The molecule has 1 atom stereocenters. The summed E-state index contributed by atoms with van der Waals surface area (Å²) < 4.78 is 0. The predicted molar refractivity (Wildman–Crippen MR) is 91.6 cm³/mol. The van der Waals surface area contributed by atoms with Crippen molar-refractivity contribution in [2.24, 2.45) is 0 Å². The van der Waals surface area contributed by atoms with Crippen LogP contribution in [0.5, 0.6) is 0 Å². The summed E-state index contributed by atoms with van der Waals surface area (Å²) in [5, 5.41) is 0.552. The van der Waals surface area contributed by atoms with E-state index in [-0.39, 0.29) is 11.1 Å². The molecule has 3 rings (SSSR count). The molecule has 2 aromatic carbocycles. The van der Waals surface area contributed by atoms with Gasteiger partial charge in [0.05, 0.1) is 17.0 Å². The van der Waals surface area contributed by atoms with Crippen LogP contribution in [0, 0.1) is 0 Å². The number of hydroxylamine groups is 2. The average molecular weight is 335 g/mol. The largest absolute Gasteiger partial charge is 0.340 e. The zero-order chi connectivity index (χ0) is 17.8. The van der Waals surface area contributed by atoms with E-state index in [4.69, 9.17) is 4.84 Å². The Morgan fingerprint density at radius 2 is 1.56 bits per heavy atom. The Labute approximate surface area is 145 Å². The lowest BCUT2D eigenvalue weighted by Gasteiger charge is -2.19. The molecule has 5 nitrogen and oxygen atoms in total. The van der Waals surface area contributed by atoms with Crippen molar-refractivity contribution in [3.63, 3.8) is 0 Å². The van der Waals surface area contributed by atoms with Crippen LogP contribution in [0.15, 0.2) is 67.3 Å². The van der Waals surface area contributed by atoms with Gasteiger partial charge in [-0.2, -0.15) is 0 Å². The Hall–Kier alpha value is -3.21. The van der Waals surface area contributed by atoms with Gasteiger partial charge in [0, 0.05) is 0 Å². The van der Waals surface area contributed by atoms with E-state index in [1.165, 1.54) is 12.1 Å². The number of rotatable bonds is 6. The molecule has 0 fully saturated rings. The van der Waals surface area contributed by atoms with Gasteiger partial charge in [-0.15, -0.1) is 6.58 Å². The maximum atomic E-state index is 12.6. The predicted octanol–water partition coefficient (Wildman–Crippen LogP) is 3.49. The molecule has 0 saturated heterocycles. The van der Waals surface area contributed by atoms with Crippen LogP contribution in [0.3, 0.4) is 0 Å². The van der Waals surface area contributed by atoms with Crippen LogP contribution in [-0.4, -0.2) is 22.8 Å². The van der Waals surface area contributed by atoms with Crippen LogP contribution >= 0.6 is 0 Å². The summed E-state index contributed by atoms with van der Waals surface area (Å²) in [6.45, 7) is 3.67. The number of amides is 2. The molecule has 2 aromatic rings. The van der Waals surface area contributed by atoms with E-state index in [1.807, 2.05) is 30.3 Å². The van der Waals surface area contributed by atoms with Gasteiger partial charge >= 0.3 is 5.97 Å². The number of nitrogens with zero attached hydrogens (tertiary/aromatic N) is 1. The highest BCUT2D eigenvalue weighted by atomic mass is 16.7. The van der Waals surface area contributed by atoms with Crippen molar-refractivity contribution in [3.8, 4) is 0 Å². The number of hydrogen-bond acceptors (Lipinski definition) is 4. The highest BCUT2D eigenvalue weighted by molar-refractivity contribution is 6.20. The maximum Gasteiger partial charge on any atom is 0.340 e. The van der Waals surface area contributed by atoms with E-state index >= 15 is 0 Å². The van der Waals surface area contributed by atoms with Crippen molar-refractivity contribution in [2.45, 2.75) is 18.8 Å². The van der Waals surface area contributed by atoms with Gasteiger partial charge < -0.3 is 4.84 Å². The van der Waals surface area contributed by atoms with Crippen LogP contribution in [0.1, 0.15) is 45.0 Å². The zero-order valence-electron chi connectivity index (χ0n) is 13.6. The van der Waals surface area contributed by atoms with Gasteiger partial charge in [0.2, 0.25) is 0 Å². The topological polar surface area (TPSA) is 63.7 Å². The normalized spacial score (nSPS) is 14.2. The van der Waals surface area contributed by atoms with Crippen LogP contribution in [0.2, 0.25) is 0 Å².